The lowest BCUT2D eigenvalue weighted by molar-refractivity contribution is 1.12. The molecule has 10 aromatic rings. The molecule has 0 saturated carbocycles. The van der Waals surface area contributed by atoms with Crippen molar-refractivity contribution >= 4 is 74.9 Å². The van der Waals surface area contributed by atoms with Crippen molar-refractivity contribution in [1.82, 2.24) is 9.55 Å². The lowest BCUT2D eigenvalue weighted by Gasteiger charge is -2.18. The number of rotatable bonds is 3. The molecule has 0 aliphatic rings. The fraction of sp³-hybridized carbons (Fsp3) is 0. The van der Waals surface area contributed by atoms with Crippen LogP contribution in [0.3, 0.4) is 0 Å². The third-order valence-corrected chi connectivity index (χ3v) is 10.6. The normalized spacial score (nSPS) is 11.9. The van der Waals surface area contributed by atoms with Gasteiger partial charge in [-0.15, -0.1) is 11.3 Å². The number of hydrogen-bond acceptors (Lipinski definition) is 2. The van der Waals surface area contributed by atoms with Crippen molar-refractivity contribution in [1.29, 1.82) is 0 Å². The minimum absolute atomic E-state index is 0.946. The first-order valence-corrected chi connectivity index (χ1v) is 16.5. The van der Waals surface area contributed by atoms with Crippen LogP contribution >= 0.6 is 11.3 Å². The molecule has 2 aromatic heterocycles. The van der Waals surface area contributed by atoms with Gasteiger partial charge in [0.05, 0.1) is 16.7 Å². The molecule has 3 heteroatoms. The van der Waals surface area contributed by atoms with Gasteiger partial charge in [-0.3, -0.25) is 4.57 Å². The second-order valence-corrected chi connectivity index (χ2v) is 13.0. The third kappa shape index (κ3) is 3.73. The van der Waals surface area contributed by atoms with Crippen LogP contribution in [0.1, 0.15) is 0 Å². The van der Waals surface area contributed by atoms with E-state index in [4.69, 9.17) is 4.98 Å². The van der Waals surface area contributed by atoms with Crippen LogP contribution in [0.4, 0.5) is 0 Å². The Morgan fingerprint density at radius 2 is 1.11 bits per heavy atom. The summed E-state index contributed by atoms with van der Waals surface area (Å²) < 4.78 is 5.04. The lowest BCUT2D eigenvalue weighted by atomic mass is 9.97. The maximum atomic E-state index is 5.52. The highest BCUT2D eigenvalue weighted by molar-refractivity contribution is 7.26. The van der Waals surface area contributed by atoms with Gasteiger partial charge in [-0.05, 0) is 51.4 Å². The van der Waals surface area contributed by atoms with E-state index in [1.165, 1.54) is 58.2 Å². The molecule has 0 atom stereocenters. The quantitative estimate of drug-likeness (QED) is 0.197. The van der Waals surface area contributed by atoms with Gasteiger partial charge in [0.2, 0.25) is 0 Å². The number of thiophene rings is 1. The van der Waals surface area contributed by atoms with E-state index in [9.17, 15) is 0 Å². The van der Waals surface area contributed by atoms with Gasteiger partial charge in [-0.1, -0.05) is 133 Å². The van der Waals surface area contributed by atoms with Crippen molar-refractivity contribution < 1.29 is 0 Å². The van der Waals surface area contributed by atoms with Crippen LogP contribution < -0.4 is 0 Å². The summed E-state index contributed by atoms with van der Waals surface area (Å²) in [5, 5.41) is 9.91. The molecule has 0 fully saturated rings. The second kappa shape index (κ2) is 9.87. The smallest absolute Gasteiger partial charge is 0.145 e. The zero-order valence-corrected chi connectivity index (χ0v) is 25.6. The molecule has 8 aromatic carbocycles. The summed E-state index contributed by atoms with van der Waals surface area (Å²) in [5.74, 6) is 0.946. The standard InChI is InChI=1S/C43H26N2S/c1-2-10-27(11-3-1)34-22-18-29-13-5-8-16-33(29)41(34)45-38-24-20-28-12-4-7-15-32(28)40(38)44-43(45)31-21-25-39-37(26-31)36-23-19-30-14-6-9-17-35(30)42(36)46-39/h1-26H. The van der Waals surface area contributed by atoms with Gasteiger partial charge in [-0.2, -0.15) is 0 Å². The minimum Gasteiger partial charge on any atom is -0.291 e. The highest BCUT2D eigenvalue weighted by atomic mass is 32.1. The van der Waals surface area contributed by atoms with E-state index >= 15 is 0 Å². The van der Waals surface area contributed by atoms with Crippen molar-refractivity contribution in [3.05, 3.63) is 158 Å². The number of benzene rings is 8. The first-order chi connectivity index (χ1) is 22.8. The maximum Gasteiger partial charge on any atom is 0.145 e. The summed E-state index contributed by atoms with van der Waals surface area (Å²) in [7, 11) is 0. The van der Waals surface area contributed by atoms with E-state index < -0.39 is 0 Å². The van der Waals surface area contributed by atoms with E-state index in [2.05, 4.69) is 162 Å². The second-order valence-electron chi connectivity index (χ2n) is 12.0. The van der Waals surface area contributed by atoms with E-state index in [0.29, 0.717) is 0 Å². The van der Waals surface area contributed by atoms with Crippen LogP contribution in [0, 0.1) is 0 Å². The zero-order chi connectivity index (χ0) is 30.2. The molecular formula is C43H26N2S. The average Bonchev–Trinajstić information content (AvgIpc) is 3.70. The van der Waals surface area contributed by atoms with E-state index in [1.807, 2.05) is 11.3 Å². The Bertz CT molecular complexity index is 2800. The first-order valence-electron chi connectivity index (χ1n) is 15.6. The lowest BCUT2D eigenvalue weighted by Crippen LogP contribution is -2.01. The molecule has 0 N–H and O–H groups in total. The largest absolute Gasteiger partial charge is 0.291 e. The fourth-order valence-corrected chi connectivity index (χ4v) is 8.44. The Labute approximate surface area is 269 Å². The van der Waals surface area contributed by atoms with Crippen molar-refractivity contribution in [2.75, 3.05) is 0 Å². The zero-order valence-electron chi connectivity index (χ0n) is 24.8. The summed E-state index contributed by atoms with van der Waals surface area (Å²) in [6.07, 6.45) is 0. The first kappa shape index (κ1) is 25.5. The van der Waals surface area contributed by atoms with Gasteiger partial charge in [0.15, 0.2) is 0 Å². The highest BCUT2D eigenvalue weighted by Gasteiger charge is 2.22. The van der Waals surface area contributed by atoms with Gasteiger partial charge >= 0.3 is 0 Å². The van der Waals surface area contributed by atoms with Crippen LogP contribution in [0.5, 0.6) is 0 Å². The number of imidazole rings is 1. The molecule has 10 rings (SSSR count). The summed E-state index contributed by atoms with van der Waals surface area (Å²) in [6, 6.07) is 57.1. The van der Waals surface area contributed by atoms with Gasteiger partial charge in [0.1, 0.15) is 5.82 Å². The Kier molecular flexibility index (Phi) is 5.48. The predicted molar refractivity (Wildman–Crippen MR) is 197 cm³/mol. The molecule has 46 heavy (non-hydrogen) atoms. The van der Waals surface area contributed by atoms with Crippen molar-refractivity contribution in [2.45, 2.75) is 0 Å². The van der Waals surface area contributed by atoms with Crippen LogP contribution in [0.2, 0.25) is 0 Å². The summed E-state index contributed by atoms with van der Waals surface area (Å²) in [4.78, 5) is 5.52. The summed E-state index contributed by atoms with van der Waals surface area (Å²) >= 11 is 1.88. The third-order valence-electron chi connectivity index (χ3n) is 9.38. The van der Waals surface area contributed by atoms with Crippen molar-refractivity contribution in [3.63, 3.8) is 0 Å². The summed E-state index contributed by atoms with van der Waals surface area (Å²) in [5.41, 5.74) is 6.74. The number of fused-ring (bicyclic) bond motifs is 9. The topological polar surface area (TPSA) is 17.8 Å². The molecule has 0 radical (unpaired) electrons. The fourth-order valence-electron chi connectivity index (χ4n) is 7.22. The van der Waals surface area contributed by atoms with Gasteiger partial charge < -0.3 is 0 Å². The predicted octanol–water partition coefficient (Wildman–Crippen LogP) is 12.2. The number of hydrogen-bond donors (Lipinski definition) is 0. The van der Waals surface area contributed by atoms with Gasteiger partial charge in [0.25, 0.3) is 0 Å². The van der Waals surface area contributed by atoms with Crippen LogP contribution in [-0.2, 0) is 0 Å². The maximum absolute atomic E-state index is 5.52. The average molecular weight is 603 g/mol. The van der Waals surface area contributed by atoms with Gasteiger partial charge in [0, 0.05) is 42.1 Å². The molecule has 0 aliphatic carbocycles. The molecule has 0 aliphatic heterocycles. The molecule has 0 amide bonds. The molecule has 0 spiro atoms. The molecule has 0 bridgehead atoms. The van der Waals surface area contributed by atoms with Crippen molar-refractivity contribution in [2.24, 2.45) is 0 Å². The minimum atomic E-state index is 0.946. The Morgan fingerprint density at radius 3 is 1.93 bits per heavy atom. The Morgan fingerprint density at radius 1 is 0.457 bits per heavy atom. The van der Waals surface area contributed by atoms with Crippen LogP contribution in [0.15, 0.2) is 158 Å². The van der Waals surface area contributed by atoms with E-state index in [-0.39, 0.29) is 0 Å². The summed E-state index contributed by atoms with van der Waals surface area (Å²) in [6.45, 7) is 0. The molecule has 214 valence electrons. The number of aromatic nitrogens is 2. The van der Waals surface area contributed by atoms with Crippen LogP contribution in [-0.4, -0.2) is 9.55 Å². The Balaban J connectivity index is 1.34. The molecule has 2 nitrogen and oxygen atoms in total. The molecule has 0 saturated heterocycles. The molecule has 0 unspecified atom stereocenters. The van der Waals surface area contributed by atoms with Gasteiger partial charge in [-0.25, -0.2) is 4.98 Å². The van der Waals surface area contributed by atoms with E-state index in [1.54, 1.807) is 0 Å². The SMILES string of the molecule is c1ccc(-c2ccc3ccccc3c2-n2c(-c3ccc4sc5c6ccccc6ccc5c4c3)nc3c4ccccc4ccc32)cc1. The number of nitrogens with zero attached hydrogens (tertiary/aromatic N) is 2. The Hall–Kier alpha value is -5.77. The van der Waals surface area contributed by atoms with E-state index in [0.717, 1.165) is 33.5 Å². The van der Waals surface area contributed by atoms with Crippen molar-refractivity contribution in [3.8, 4) is 28.2 Å². The van der Waals surface area contributed by atoms with Crippen LogP contribution in [0.25, 0.3) is 91.7 Å². The highest BCUT2D eigenvalue weighted by Crippen LogP contribution is 2.43. The molecule has 2 heterocycles. The monoisotopic (exact) mass is 602 g/mol. The molecular weight excluding hydrogens is 577 g/mol.